The normalized spacial score (nSPS) is 20.2. The summed E-state index contributed by atoms with van der Waals surface area (Å²) in [7, 11) is 0. The van der Waals surface area contributed by atoms with Gasteiger partial charge in [0.2, 0.25) is 0 Å². The molecule has 0 aromatic carbocycles. The number of halogens is 1. The Labute approximate surface area is 91.8 Å². The Morgan fingerprint density at radius 2 is 2.47 bits per heavy atom. The van der Waals surface area contributed by atoms with Crippen molar-refractivity contribution in [3.63, 3.8) is 0 Å². The number of nitrogens with one attached hydrogen (secondary N) is 1. The lowest BCUT2D eigenvalue weighted by molar-refractivity contribution is 0.0924. The molecule has 15 heavy (non-hydrogen) atoms. The summed E-state index contributed by atoms with van der Waals surface area (Å²) in [5.74, 6) is -0.263. The number of ether oxygens (including phenoxy) is 1. The molecule has 1 amide bonds. The van der Waals surface area contributed by atoms with E-state index in [-0.39, 0.29) is 22.8 Å². The van der Waals surface area contributed by atoms with E-state index >= 15 is 0 Å². The fourth-order valence-corrected chi connectivity index (χ4v) is 1.51. The largest absolute Gasteiger partial charge is 0.379 e. The number of aromatic nitrogens is 2. The van der Waals surface area contributed by atoms with E-state index in [9.17, 15) is 4.79 Å². The second-order valence-corrected chi connectivity index (χ2v) is 3.65. The van der Waals surface area contributed by atoms with Gasteiger partial charge >= 0.3 is 0 Å². The van der Waals surface area contributed by atoms with Gasteiger partial charge in [-0.3, -0.25) is 9.78 Å². The van der Waals surface area contributed by atoms with Crippen molar-refractivity contribution in [1.82, 2.24) is 15.3 Å². The third-order valence-electron chi connectivity index (χ3n) is 2.10. The van der Waals surface area contributed by atoms with Crippen molar-refractivity contribution in [2.75, 3.05) is 13.2 Å². The first-order chi connectivity index (χ1) is 7.25. The molecule has 1 unspecified atom stereocenters. The zero-order chi connectivity index (χ0) is 10.7. The third-order valence-corrected chi connectivity index (χ3v) is 2.28. The highest BCUT2D eigenvalue weighted by Crippen LogP contribution is 2.06. The maximum atomic E-state index is 11.6. The Kier molecular flexibility index (Phi) is 3.13. The average Bonchev–Trinajstić information content (AvgIpc) is 2.70. The van der Waals surface area contributed by atoms with Crippen LogP contribution in [0.3, 0.4) is 0 Å². The maximum Gasteiger partial charge on any atom is 0.271 e. The average molecular weight is 228 g/mol. The number of amides is 1. The lowest BCUT2D eigenvalue weighted by Gasteiger charge is -2.09. The summed E-state index contributed by atoms with van der Waals surface area (Å²) in [6.45, 7) is 1.24. The van der Waals surface area contributed by atoms with Gasteiger partial charge < -0.3 is 10.1 Å². The first kappa shape index (κ1) is 10.3. The van der Waals surface area contributed by atoms with E-state index in [0.717, 1.165) is 6.42 Å². The number of hydrogen-bond acceptors (Lipinski definition) is 4. The molecule has 0 spiro atoms. The fraction of sp³-hybridized carbons (Fsp3) is 0.444. The highest BCUT2D eigenvalue weighted by Gasteiger charge is 2.19. The van der Waals surface area contributed by atoms with Gasteiger partial charge in [-0.05, 0) is 6.42 Å². The summed E-state index contributed by atoms with van der Waals surface area (Å²) in [5.41, 5.74) is 0.231. The van der Waals surface area contributed by atoms with E-state index in [1.165, 1.54) is 12.4 Å². The molecule has 1 aliphatic heterocycles. The van der Waals surface area contributed by atoms with E-state index in [1.54, 1.807) is 0 Å². The Bertz CT molecular complexity index is 366. The monoisotopic (exact) mass is 227 g/mol. The molecule has 0 radical (unpaired) electrons. The molecule has 0 saturated carbocycles. The molecular formula is C9H10ClN3O2. The lowest BCUT2D eigenvalue weighted by atomic mass is 10.2. The number of carbonyl (C=O) groups is 1. The molecule has 2 heterocycles. The first-order valence-corrected chi connectivity index (χ1v) is 4.99. The minimum atomic E-state index is -0.263. The number of carbonyl (C=O) groups excluding carboxylic acids is 1. The van der Waals surface area contributed by atoms with Gasteiger partial charge in [0.1, 0.15) is 10.8 Å². The van der Waals surface area contributed by atoms with Gasteiger partial charge in [-0.1, -0.05) is 11.6 Å². The van der Waals surface area contributed by atoms with Crippen molar-refractivity contribution in [2.24, 2.45) is 0 Å². The van der Waals surface area contributed by atoms with Crippen molar-refractivity contribution in [2.45, 2.75) is 12.5 Å². The lowest BCUT2D eigenvalue weighted by Crippen LogP contribution is -2.35. The zero-order valence-electron chi connectivity index (χ0n) is 7.94. The second kappa shape index (κ2) is 4.55. The molecule has 1 fully saturated rings. The summed E-state index contributed by atoms with van der Waals surface area (Å²) in [5, 5.41) is 3.01. The fourth-order valence-electron chi connectivity index (χ4n) is 1.36. The summed E-state index contributed by atoms with van der Waals surface area (Å²) in [6, 6.07) is 0.0679. The minimum absolute atomic E-state index is 0.0679. The van der Waals surface area contributed by atoms with Crippen LogP contribution in [0.2, 0.25) is 5.15 Å². The molecule has 0 aliphatic carbocycles. The van der Waals surface area contributed by atoms with Crippen LogP contribution in [0.1, 0.15) is 16.9 Å². The Morgan fingerprint density at radius 1 is 1.60 bits per heavy atom. The van der Waals surface area contributed by atoms with Crippen molar-refractivity contribution < 1.29 is 9.53 Å². The third kappa shape index (κ3) is 2.64. The molecule has 6 heteroatoms. The van der Waals surface area contributed by atoms with Gasteiger partial charge in [-0.2, -0.15) is 0 Å². The van der Waals surface area contributed by atoms with Gasteiger partial charge in [-0.15, -0.1) is 0 Å². The summed E-state index contributed by atoms with van der Waals surface area (Å²) in [6.07, 6.45) is 3.60. The van der Waals surface area contributed by atoms with Crippen molar-refractivity contribution in [3.05, 3.63) is 23.2 Å². The van der Waals surface area contributed by atoms with Crippen LogP contribution in [0, 0.1) is 0 Å². The predicted octanol–water partition coefficient (Wildman–Crippen LogP) is 0.649. The van der Waals surface area contributed by atoms with Crippen LogP contribution in [0.4, 0.5) is 0 Å². The molecule has 1 aromatic heterocycles. The molecular weight excluding hydrogens is 218 g/mol. The molecule has 1 atom stereocenters. The van der Waals surface area contributed by atoms with E-state index in [4.69, 9.17) is 16.3 Å². The number of rotatable bonds is 2. The van der Waals surface area contributed by atoms with E-state index in [0.29, 0.717) is 13.2 Å². The SMILES string of the molecule is O=C(NC1CCOC1)c1cncc(Cl)n1. The molecule has 1 aromatic rings. The predicted molar refractivity (Wildman–Crippen MR) is 53.7 cm³/mol. The Hall–Kier alpha value is -1.20. The first-order valence-electron chi connectivity index (χ1n) is 4.62. The standard InChI is InChI=1S/C9H10ClN3O2/c10-8-4-11-3-7(13-8)9(14)12-6-1-2-15-5-6/h3-4,6H,1-2,5H2,(H,12,14). The minimum Gasteiger partial charge on any atom is -0.379 e. The summed E-state index contributed by atoms with van der Waals surface area (Å²) in [4.78, 5) is 19.3. The summed E-state index contributed by atoms with van der Waals surface area (Å²) < 4.78 is 5.14. The molecule has 1 saturated heterocycles. The van der Waals surface area contributed by atoms with Crippen molar-refractivity contribution in [1.29, 1.82) is 0 Å². The molecule has 1 aliphatic rings. The van der Waals surface area contributed by atoms with Gasteiger partial charge in [0.05, 0.1) is 25.0 Å². The highest BCUT2D eigenvalue weighted by atomic mass is 35.5. The van der Waals surface area contributed by atoms with Crippen LogP contribution < -0.4 is 5.32 Å². The van der Waals surface area contributed by atoms with Crippen molar-refractivity contribution >= 4 is 17.5 Å². The van der Waals surface area contributed by atoms with Crippen LogP contribution in [-0.4, -0.2) is 35.1 Å². The quantitative estimate of drug-likeness (QED) is 0.806. The van der Waals surface area contributed by atoms with Crippen LogP contribution in [-0.2, 0) is 4.74 Å². The molecule has 1 N–H and O–H groups in total. The van der Waals surface area contributed by atoms with Gasteiger partial charge in [0.25, 0.3) is 5.91 Å². The van der Waals surface area contributed by atoms with Crippen LogP contribution in [0.15, 0.2) is 12.4 Å². The number of nitrogens with zero attached hydrogens (tertiary/aromatic N) is 2. The van der Waals surface area contributed by atoms with Crippen LogP contribution in [0.5, 0.6) is 0 Å². The van der Waals surface area contributed by atoms with Gasteiger partial charge in [-0.25, -0.2) is 4.98 Å². The molecule has 5 nitrogen and oxygen atoms in total. The smallest absolute Gasteiger partial charge is 0.271 e. The highest BCUT2D eigenvalue weighted by molar-refractivity contribution is 6.29. The van der Waals surface area contributed by atoms with Gasteiger partial charge in [0, 0.05) is 6.61 Å². The van der Waals surface area contributed by atoms with Crippen LogP contribution >= 0.6 is 11.6 Å². The van der Waals surface area contributed by atoms with E-state index in [2.05, 4.69) is 15.3 Å². The van der Waals surface area contributed by atoms with E-state index in [1.807, 2.05) is 0 Å². The van der Waals surface area contributed by atoms with Crippen molar-refractivity contribution in [3.8, 4) is 0 Å². The summed E-state index contributed by atoms with van der Waals surface area (Å²) >= 11 is 5.63. The maximum absolute atomic E-state index is 11.6. The topological polar surface area (TPSA) is 64.1 Å². The van der Waals surface area contributed by atoms with Crippen LogP contribution in [0.25, 0.3) is 0 Å². The zero-order valence-corrected chi connectivity index (χ0v) is 8.70. The second-order valence-electron chi connectivity index (χ2n) is 3.26. The van der Waals surface area contributed by atoms with E-state index < -0.39 is 0 Å². The molecule has 0 bridgehead atoms. The molecule has 2 rings (SSSR count). The Morgan fingerprint density at radius 3 is 3.13 bits per heavy atom. The Balaban J connectivity index is 2.01. The number of hydrogen-bond donors (Lipinski definition) is 1. The molecule has 80 valence electrons. The van der Waals surface area contributed by atoms with Gasteiger partial charge in [0.15, 0.2) is 0 Å².